The molecule has 2 heterocycles. The number of nitrogens with zero attached hydrogens (tertiary/aromatic N) is 2. The third-order valence-corrected chi connectivity index (χ3v) is 4.39. The van der Waals surface area contributed by atoms with Gasteiger partial charge in [-0.3, -0.25) is 9.89 Å². The van der Waals surface area contributed by atoms with Crippen LogP contribution in [0.5, 0.6) is 0 Å². The fraction of sp³-hybridized carbons (Fsp3) is 0.471. The lowest BCUT2D eigenvalue weighted by atomic mass is 9.99. The molecule has 1 amide bonds. The molecule has 0 bridgehead atoms. The van der Waals surface area contributed by atoms with Crippen molar-refractivity contribution in [3.8, 4) is 0 Å². The van der Waals surface area contributed by atoms with Gasteiger partial charge in [0.1, 0.15) is 0 Å². The average molecular weight is 315 g/mol. The van der Waals surface area contributed by atoms with E-state index < -0.39 is 12.1 Å². The minimum atomic E-state index is -0.800. The molecule has 2 aromatic rings. The monoisotopic (exact) mass is 315 g/mol. The second-order valence-corrected chi connectivity index (χ2v) is 6.17. The number of nitrogens with one attached hydrogen (secondary N) is 1. The Balaban J connectivity index is 1.66. The fourth-order valence-corrected chi connectivity index (χ4v) is 2.87. The number of piperidine rings is 1. The smallest absolute Gasteiger partial charge is 0.360 e. The predicted molar refractivity (Wildman–Crippen MR) is 85.9 cm³/mol. The second kappa shape index (κ2) is 6.40. The number of likely N-dealkylation sites (tertiary alicyclic amines) is 1. The Kier molecular flexibility index (Phi) is 4.32. The van der Waals surface area contributed by atoms with Crippen LogP contribution < -0.4 is 0 Å². The van der Waals surface area contributed by atoms with Gasteiger partial charge < -0.3 is 9.64 Å². The summed E-state index contributed by atoms with van der Waals surface area (Å²) >= 11 is 0. The lowest BCUT2D eigenvalue weighted by molar-refractivity contribution is -0.141. The summed E-state index contributed by atoms with van der Waals surface area (Å²) < 4.78 is 5.33. The van der Waals surface area contributed by atoms with Gasteiger partial charge in [0.2, 0.25) is 0 Å². The summed E-state index contributed by atoms with van der Waals surface area (Å²) in [7, 11) is 0. The van der Waals surface area contributed by atoms with Gasteiger partial charge in [0, 0.05) is 18.5 Å². The average Bonchev–Trinajstić information content (AvgIpc) is 2.99. The molecule has 1 fully saturated rings. The molecule has 1 N–H and O–H groups in total. The molecule has 1 aromatic carbocycles. The molecular weight excluding hydrogens is 294 g/mol. The number of ether oxygens (including phenoxy) is 1. The van der Waals surface area contributed by atoms with Crippen molar-refractivity contribution in [2.45, 2.75) is 32.8 Å². The van der Waals surface area contributed by atoms with E-state index >= 15 is 0 Å². The molecule has 6 heteroatoms. The quantitative estimate of drug-likeness (QED) is 0.882. The molecule has 0 spiro atoms. The van der Waals surface area contributed by atoms with Crippen molar-refractivity contribution < 1.29 is 14.3 Å². The van der Waals surface area contributed by atoms with Crippen molar-refractivity contribution in [2.24, 2.45) is 5.92 Å². The van der Waals surface area contributed by atoms with E-state index in [1.54, 1.807) is 17.9 Å². The number of aromatic amines is 1. The number of hydrogen-bond acceptors (Lipinski definition) is 4. The van der Waals surface area contributed by atoms with Crippen LogP contribution in [0.2, 0.25) is 0 Å². The van der Waals surface area contributed by atoms with Gasteiger partial charge in [-0.15, -0.1) is 0 Å². The van der Waals surface area contributed by atoms with E-state index in [9.17, 15) is 9.59 Å². The maximum absolute atomic E-state index is 12.4. The number of carbonyl (C=O) groups is 2. The summed E-state index contributed by atoms with van der Waals surface area (Å²) in [5.74, 6) is -0.0638. The van der Waals surface area contributed by atoms with E-state index in [1.165, 1.54) is 0 Å². The SMILES string of the molecule is CC1CCN(C(=O)[C@@H](C)OC(=O)c2n[nH]c3ccccc23)CC1. The Morgan fingerprint density at radius 2 is 2.00 bits per heavy atom. The number of benzene rings is 1. The normalized spacial score (nSPS) is 17.2. The van der Waals surface area contributed by atoms with Crippen molar-refractivity contribution >= 4 is 22.8 Å². The lowest BCUT2D eigenvalue weighted by Crippen LogP contribution is -2.44. The first-order valence-electron chi connectivity index (χ1n) is 7.99. The molecule has 0 aliphatic carbocycles. The van der Waals surface area contributed by atoms with Crippen molar-refractivity contribution in [3.63, 3.8) is 0 Å². The molecule has 3 rings (SSSR count). The highest BCUT2D eigenvalue weighted by Gasteiger charge is 2.28. The number of rotatable bonds is 3. The van der Waals surface area contributed by atoms with Crippen molar-refractivity contribution in [3.05, 3.63) is 30.0 Å². The first kappa shape index (κ1) is 15.5. The zero-order chi connectivity index (χ0) is 16.4. The molecule has 0 unspecified atom stereocenters. The molecule has 122 valence electrons. The summed E-state index contributed by atoms with van der Waals surface area (Å²) in [6, 6.07) is 7.33. The molecule has 6 nitrogen and oxygen atoms in total. The number of carbonyl (C=O) groups excluding carboxylic acids is 2. The van der Waals surface area contributed by atoms with E-state index in [-0.39, 0.29) is 11.6 Å². The highest BCUT2D eigenvalue weighted by Crippen LogP contribution is 2.19. The molecule has 1 atom stereocenters. The van der Waals surface area contributed by atoms with E-state index in [0.29, 0.717) is 11.3 Å². The highest BCUT2D eigenvalue weighted by molar-refractivity contribution is 6.02. The minimum absolute atomic E-state index is 0.134. The molecule has 23 heavy (non-hydrogen) atoms. The summed E-state index contributed by atoms with van der Waals surface area (Å²) in [5, 5.41) is 7.50. The Morgan fingerprint density at radius 3 is 2.74 bits per heavy atom. The van der Waals surface area contributed by atoms with Gasteiger partial charge in [0.15, 0.2) is 11.8 Å². The highest BCUT2D eigenvalue weighted by atomic mass is 16.5. The third kappa shape index (κ3) is 3.21. The number of para-hydroxylation sites is 1. The van der Waals surface area contributed by atoms with Crippen LogP contribution in [0, 0.1) is 5.92 Å². The molecule has 1 aliphatic rings. The largest absolute Gasteiger partial charge is 0.448 e. The van der Waals surface area contributed by atoms with E-state index in [0.717, 1.165) is 31.4 Å². The number of esters is 1. The molecular formula is C17H21N3O3. The van der Waals surface area contributed by atoms with Gasteiger partial charge in [-0.2, -0.15) is 5.10 Å². The molecule has 1 saturated heterocycles. The maximum atomic E-state index is 12.4. The zero-order valence-electron chi connectivity index (χ0n) is 13.4. The van der Waals surface area contributed by atoms with Crippen LogP contribution in [0.1, 0.15) is 37.2 Å². The summed E-state index contributed by atoms with van der Waals surface area (Å²) in [6.45, 7) is 5.27. The molecule has 0 saturated carbocycles. The zero-order valence-corrected chi connectivity index (χ0v) is 13.4. The van der Waals surface area contributed by atoms with Gasteiger partial charge in [0.25, 0.3) is 5.91 Å². The second-order valence-electron chi connectivity index (χ2n) is 6.17. The first-order valence-corrected chi connectivity index (χ1v) is 7.99. The predicted octanol–water partition coefficient (Wildman–Crippen LogP) is 2.37. The van der Waals surface area contributed by atoms with Gasteiger partial charge in [0.05, 0.1) is 5.52 Å². The number of fused-ring (bicyclic) bond motifs is 1. The Bertz CT molecular complexity index is 717. The van der Waals surface area contributed by atoms with Crippen LogP contribution in [0.15, 0.2) is 24.3 Å². The van der Waals surface area contributed by atoms with Crippen LogP contribution in [0.4, 0.5) is 0 Å². The fourth-order valence-electron chi connectivity index (χ4n) is 2.87. The Labute approximate surface area is 134 Å². The summed E-state index contributed by atoms with van der Waals surface area (Å²) in [5.41, 5.74) is 0.982. The van der Waals surface area contributed by atoms with Crippen molar-refractivity contribution in [1.82, 2.24) is 15.1 Å². The first-order chi connectivity index (χ1) is 11.1. The lowest BCUT2D eigenvalue weighted by Gasteiger charge is -2.31. The van der Waals surface area contributed by atoms with Gasteiger partial charge in [-0.05, 0) is 31.7 Å². The van der Waals surface area contributed by atoms with Crippen LogP contribution in [-0.4, -0.2) is 46.2 Å². The summed E-state index contributed by atoms with van der Waals surface area (Å²) in [4.78, 5) is 26.5. The molecule has 1 aromatic heterocycles. The van der Waals surface area contributed by atoms with Gasteiger partial charge in [-0.25, -0.2) is 4.79 Å². The van der Waals surface area contributed by atoms with Gasteiger partial charge >= 0.3 is 5.97 Å². The minimum Gasteiger partial charge on any atom is -0.448 e. The molecule has 0 radical (unpaired) electrons. The molecule has 1 aliphatic heterocycles. The van der Waals surface area contributed by atoms with Crippen LogP contribution in [-0.2, 0) is 9.53 Å². The number of aromatic nitrogens is 2. The van der Waals surface area contributed by atoms with E-state index in [4.69, 9.17) is 4.74 Å². The maximum Gasteiger partial charge on any atom is 0.360 e. The number of hydrogen-bond donors (Lipinski definition) is 1. The summed E-state index contributed by atoms with van der Waals surface area (Å²) in [6.07, 6.45) is 1.19. The third-order valence-electron chi connectivity index (χ3n) is 4.39. The van der Waals surface area contributed by atoms with Gasteiger partial charge in [-0.1, -0.05) is 25.1 Å². The number of amides is 1. The van der Waals surface area contributed by atoms with Crippen LogP contribution >= 0.6 is 0 Å². The van der Waals surface area contributed by atoms with Crippen molar-refractivity contribution in [2.75, 3.05) is 13.1 Å². The number of H-pyrrole nitrogens is 1. The van der Waals surface area contributed by atoms with Crippen molar-refractivity contribution in [1.29, 1.82) is 0 Å². The Hall–Kier alpha value is -2.37. The topological polar surface area (TPSA) is 75.3 Å². The van der Waals surface area contributed by atoms with Crippen LogP contribution in [0.25, 0.3) is 10.9 Å². The van der Waals surface area contributed by atoms with E-state index in [2.05, 4.69) is 17.1 Å². The Morgan fingerprint density at radius 1 is 1.30 bits per heavy atom. The van der Waals surface area contributed by atoms with E-state index in [1.807, 2.05) is 18.2 Å². The van der Waals surface area contributed by atoms with Crippen LogP contribution in [0.3, 0.4) is 0 Å². The standard InChI is InChI=1S/C17H21N3O3/c1-11-7-9-20(10-8-11)16(21)12(2)23-17(22)15-13-5-3-4-6-14(13)18-19-15/h3-6,11-12H,7-10H2,1-2H3,(H,18,19)/t12-/m1/s1.